The van der Waals surface area contributed by atoms with Crippen LogP contribution in [0.3, 0.4) is 0 Å². The van der Waals surface area contributed by atoms with Crippen LogP contribution in [0.25, 0.3) is 0 Å². The Labute approximate surface area is 102 Å². The monoisotopic (exact) mass is 242 g/mol. The molecule has 1 aromatic rings. The average molecular weight is 242 g/mol. The standard InChI is InChI=1S/C12H22N2OS/c1-6-8(2)13-7-9(3)16-12-14-10(4)11(5)15-12/h8-9,13H,6-7H2,1-5H3. The van der Waals surface area contributed by atoms with E-state index in [4.69, 9.17) is 4.42 Å². The van der Waals surface area contributed by atoms with Crippen molar-refractivity contribution in [1.29, 1.82) is 0 Å². The van der Waals surface area contributed by atoms with E-state index < -0.39 is 0 Å². The van der Waals surface area contributed by atoms with Gasteiger partial charge in [-0.05, 0) is 27.2 Å². The number of hydrogen-bond donors (Lipinski definition) is 1. The molecule has 0 fully saturated rings. The van der Waals surface area contributed by atoms with Crippen LogP contribution in [-0.2, 0) is 0 Å². The van der Waals surface area contributed by atoms with E-state index in [1.54, 1.807) is 11.8 Å². The molecule has 0 aliphatic rings. The van der Waals surface area contributed by atoms with E-state index in [0.717, 1.165) is 29.6 Å². The van der Waals surface area contributed by atoms with Gasteiger partial charge in [0, 0.05) is 17.8 Å². The largest absolute Gasteiger partial charge is 0.437 e. The lowest BCUT2D eigenvalue weighted by Crippen LogP contribution is -2.30. The lowest BCUT2D eigenvalue weighted by Gasteiger charge is -2.14. The number of aryl methyl sites for hydroxylation is 2. The predicted molar refractivity (Wildman–Crippen MR) is 69.1 cm³/mol. The number of aromatic nitrogens is 1. The van der Waals surface area contributed by atoms with Gasteiger partial charge < -0.3 is 9.73 Å². The number of nitrogens with one attached hydrogen (secondary N) is 1. The topological polar surface area (TPSA) is 38.1 Å². The third kappa shape index (κ3) is 4.18. The molecule has 0 spiro atoms. The number of rotatable bonds is 6. The molecule has 1 aromatic heterocycles. The highest BCUT2D eigenvalue weighted by Gasteiger charge is 2.11. The van der Waals surface area contributed by atoms with Gasteiger partial charge in [0.05, 0.1) is 5.69 Å². The molecule has 3 nitrogen and oxygen atoms in total. The first kappa shape index (κ1) is 13.6. The van der Waals surface area contributed by atoms with Crippen molar-refractivity contribution in [1.82, 2.24) is 10.3 Å². The number of hydrogen-bond acceptors (Lipinski definition) is 4. The molecule has 1 rings (SSSR count). The van der Waals surface area contributed by atoms with Crippen molar-refractivity contribution < 1.29 is 4.42 Å². The normalized spacial score (nSPS) is 15.1. The quantitative estimate of drug-likeness (QED) is 0.778. The summed E-state index contributed by atoms with van der Waals surface area (Å²) in [5.41, 5.74) is 0.990. The molecule has 0 aliphatic heterocycles. The van der Waals surface area contributed by atoms with E-state index in [9.17, 15) is 0 Å². The van der Waals surface area contributed by atoms with Crippen LogP contribution in [0.2, 0.25) is 0 Å². The maximum atomic E-state index is 5.54. The second kappa shape index (κ2) is 6.30. The molecule has 0 amide bonds. The number of nitrogens with zero attached hydrogens (tertiary/aromatic N) is 1. The van der Waals surface area contributed by atoms with Crippen LogP contribution >= 0.6 is 11.8 Å². The predicted octanol–water partition coefficient (Wildman–Crippen LogP) is 3.16. The zero-order valence-corrected chi connectivity index (χ0v) is 11.6. The van der Waals surface area contributed by atoms with E-state index in [0.29, 0.717) is 11.3 Å². The molecule has 2 atom stereocenters. The first-order valence-corrected chi connectivity index (χ1v) is 6.75. The highest BCUT2D eigenvalue weighted by Crippen LogP contribution is 2.24. The van der Waals surface area contributed by atoms with Crippen LogP contribution in [-0.4, -0.2) is 22.8 Å². The van der Waals surface area contributed by atoms with Crippen LogP contribution in [0.1, 0.15) is 38.6 Å². The van der Waals surface area contributed by atoms with Crippen molar-refractivity contribution in [3.05, 3.63) is 11.5 Å². The Bertz CT molecular complexity index is 305. The molecule has 0 aromatic carbocycles. The fourth-order valence-electron chi connectivity index (χ4n) is 1.22. The van der Waals surface area contributed by atoms with Crippen molar-refractivity contribution in [2.24, 2.45) is 0 Å². The Morgan fingerprint density at radius 3 is 2.56 bits per heavy atom. The molecule has 0 saturated carbocycles. The van der Waals surface area contributed by atoms with Crippen molar-refractivity contribution in [2.45, 2.75) is 57.6 Å². The summed E-state index contributed by atoms with van der Waals surface area (Å²) in [4.78, 5) is 4.37. The van der Waals surface area contributed by atoms with Gasteiger partial charge in [0.1, 0.15) is 5.76 Å². The summed E-state index contributed by atoms with van der Waals surface area (Å²) in [6, 6.07) is 0.580. The molecule has 0 aliphatic carbocycles. The molecule has 0 saturated heterocycles. The highest BCUT2D eigenvalue weighted by atomic mass is 32.2. The van der Waals surface area contributed by atoms with Gasteiger partial charge in [-0.25, -0.2) is 4.98 Å². The smallest absolute Gasteiger partial charge is 0.256 e. The first-order valence-electron chi connectivity index (χ1n) is 5.87. The third-order valence-electron chi connectivity index (χ3n) is 2.68. The second-order valence-electron chi connectivity index (χ2n) is 4.27. The Hall–Kier alpha value is -0.480. The minimum Gasteiger partial charge on any atom is -0.437 e. The van der Waals surface area contributed by atoms with Crippen LogP contribution in [0.15, 0.2) is 9.64 Å². The lowest BCUT2D eigenvalue weighted by molar-refractivity contribution is 0.429. The summed E-state index contributed by atoms with van der Waals surface area (Å²) >= 11 is 1.69. The fraction of sp³-hybridized carbons (Fsp3) is 0.750. The highest BCUT2D eigenvalue weighted by molar-refractivity contribution is 7.99. The van der Waals surface area contributed by atoms with Crippen LogP contribution < -0.4 is 5.32 Å². The Balaban J connectivity index is 2.36. The molecular formula is C12H22N2OS. The molecule has 16 heavy (non-hydrogen) atoms. The van der Waals surface area contributed by atoms with Crippen LogP contribution in [0, 0.1) is 13.8 Å². The molecule has 1 N–H and O–H groups in total. The SMILES string of the molecule is CCC(C)NCC(C)Sc1nc(C)c(C)o1. The second-order valence-corrected chi connectivity index (χ2v) is 5.66. The van der Waals surface area contributed by atoms with E-state index in [1.807, 2.05) is 13.8 Å². The Kier molecular flexibility index (Phi) is 5.35. The minimum absolute atomic E-state index is 0.478. The van der Waals surface area contributed by atoms with E-state index in [2.05, 4.69) is 31.1 Å². The van der Waals surface area contributed by atoms with Crippen molar-refractivity contribution in [2.75, 3.05) is 6.54 Å². The van der Waals surface area contributed by atoms with Gasteiger partial charge in [0.25, 0.3) is 5.22 Å². The third-order valence-corrected chi connectivity index (χ3v) is 3.62. The van der Waals surface area contributed by atoms with Crippen LogP contribution in [0.4, 0.5) is 0 Å². The number of oxazole rings is 1. The molecule has 1 heterocycles. The van der Waals surface area contributed by atoms with Crippen LogP contribution in [0.5, 0.6) is 0 Å². The Morgan fingerprint density at radius 2 is 2.06 bits per heavy atom. The van der Waals surface area contributed by atoms with Gasteiger partial charge in [0.15, 0.2) is 0 Å². The number of thioether (sulfide) groups is 1. The van der Waals surface area contributed by atoms with Crippen molar-refractivity contribution in [3.63, 3.8) is 0 Å². The molecule has 0 radical (unpaired) electrons. The summed E-state index contributed by atoms with van der Waals surface area (Å²) < 4.78 is 5.54. The zero-order chi connectivity index (χ0) is 12.1. The molecule has 2 unspecified atom stereocenters. The van der Waals surface area contributed by atoms with E-state index >= 15 is 0 Å². The fourth-order valence-corrected chi connectivity index (χ4v) is 2.11. The summed E-state index contributed by atoms with van der Waals surface area (Å²) in [6.07, 6.45) is 1.16. The van der Waals surface area contributed by atoms with Gasteiger partial charge in [-0.2, -0.15) is 0 Å². The summed E-state index contributed by atoms with van der Waals surface area (Å²) in [5.74, 6) is 0.921. The van der Waals surface area contributed by atoms with Gasteiger partial charge in [-0.1, -0.05) is 25.6 Å². The minimum atomic E-state index is 0.478. The van der Waals surface area contributed by atoms with E-state index in [1.165, 1.54) is 0 Å². The van der Waals surface area contributed by atoms with Crippen molar-refractivity contribution >= 4 is 11.8 Å². The maximum absolute atomic E-state index is 5.54. The van der Waals surface area contributed by atoms with Gasteiger partial charge in [0.2, 0.25) is 0 Å². The first-order chi connectivity index (χ1) is 7.52. The van der Waals surface area contributed by atoms with Gasteiger partial charge in [-0.3, -0.25) is 0 Å². The summed E-state index contributed by atoms with van der Waals surface area (Å²) in [6.45, 7) is 11.5. The summed E-state index contributed by atoms with van der Waals surface area (Å²) in [7, 11) is 0. The Morgan fingerprint density at radius 1 is 1.38 bits per heavy atom. The zero-order valence-electron chi connectivity index (χ0n) is 10.8. The summed E-state index contributed by atoms with van der Waals surface area (Å²) in [5, 5.41) is 4.75. The van der Waals surface area contributed by atoms with Gasteiger partial charge >= 0.3 is 0 Å². The lowest BCUT2D eigenvalue weighted by atomic mass is 10.2. The molecular weight excluding hydrogens is 220 g/mol. The molecule has 92 valence electrons. The maximum Gasteiger partial charge on any atom is 0.256 e. The molecule has 0 bridgehead atoms. The van der Waals surface area contributed by atoms with E-state index in [-0.39, 0.29) is 0 Å². The average Bonchev–Trinajstić information content (AvgIpc) is 2.54. The van der Waals surface area contributed by atoms with Crippen molar-refractivity contribution in [3.8, 4) is 0 Å². The van der Waals surface area contributed by atoms with Gasteiger partial charge in [-0.15, -0.1) is 0 Å². The molecule has 4 heteroatoms.